The SMILES string of the molecule is CCCCC(NC(=O)C(C)Nc1nc2ccccc2s1)C(=O)O. The molecule has 0 saturated carbocycles. The van der Waals surface area contributed by atoms with Crippen LogP contribution in [0.3, 0.4) is 0 Å². The number of aliphatic carboxylic acids is 1. The van der Waals surface area contributed by atoms with Crippen molar-refractivity contribution in [3.05, 3.63) is 24.3 Å². The number of fused-ring (bicyclic) bond motifs is 1. The third-order valence-corrected chi connectivity index (χ3v) is 4.46. The molecule has 23 heavy (non-hydrogen) atoms. The molecule has 6 nitrogen and oxygen atoms in total. The number of aromatic nitrogens is 1. The number of nitrogens with one attached hydrogen (secondary N) is 2. The van der Waals surface area contributed by atoms with Gasteiger partial charge in [0.15, 0.2) is 5.13 Å². The molecule has 1 aromatic carbocycles. The highest BCUT2D eigenvalue weighted by atomic mass is 32.1. The largest absolute Gasteiger partial charge is 0.480 e. The summed E-state index contributed by atoms with van der Waals surface area (Å²) in [5.41, 5.74) is 0.874. The van der Waals surface area contributed by atoms with Gasteiger partial charge in [-0.2, -0.15) is 0 Å². The van der Waals surface area contributed by atoms with Crippen molar-refractivity contribution >= 4 is 38.6 Å². The summed E-state index contributed by atoms with van der Waals surface area (Å²) in [6.45, 7) is 3.68. The lowest BCUT2D eigenvalue weighted by molar-refractivity contribution is -0.142. The first kappa shape index (κ1) is 17.2. The fourth-order valence-corrected chi connectivity index (χ4v) is 3.10. The number of carboxylic acids is 1. The van der Waals surface area contributed by atoms with E-state index in [0.717, 1.165) is 23.1 Å². The molecule has 2 unspecified atom stereocenters. The number of amides is 1. The first-order valence-corrected chi connectivity index (χ1v) is 8.48. The highest BCUT2D eigenvalue weighted by Crippen LogP contribution is 2.25. The summed E-state index contributed by atoms with van der Waals surface area (Å²) in [4.78, 5) is 27.8. The van der Waals surface area contributed by atoms with E-state index in [1.165, 1.54) is 11.3 Å². The number of unbranched alkanes of at least 4 members (excludes halogenated alkanes) is 1. The molecule has 0 aliphatic heterocycles. The maximum absolute atomic E-state index is 12.2. The Kier molecular flexibility index (Phi) is 5.92. The van der Waals surface area contributed by atoms with Crippen LogP contribution in [0.2, 0.25) is 0 Å². The van der Waals surface area contributed by atoms with E-state index < -0.39 is 18.1 Å². The number of carbonyl (C=O) groups excluding carboxylic acids is 1. The van der Waals surface area contributed by atoms with E-state index in [2.05, 4.69) is 15.6 Å². The topological polar surface area (TPSA) is 91.3 Å². The fourth-order valence-electron chi connectivity index (χ4n) is 2.15. The summed E-state index contributed by atoms with van der Waals surface area (Å²) in [6.07, 6.45) is 2.08. The molecule has 0 fully saturated rings. The van der Waals surface area contributed by atoms with Crippen molar-refractivity contribution in [3.63, 3.8) is 0 Å². The van der Waals surface area contributed by atoms with Crippen LogP contribution in [0.4, 0.5) is 5.13 Å². The molecule has 0 radical (unpaired) electrons. The number of anilines is 1. The highest BCUT2D eigenvalue weighted by Gasteiger charge is 2.22. The zero-order valence-corrected chi connectivity index (χ0v) is 14.0. The minimum atomic E-state index is -1.00. The fraction of sp³-hybridized carbons (Fsp3) is 0.438. The molecular weight excluding hydrogens is 314 g/mol. The van der Waals surface area contributed by atoms with Gasteiger partial charge in [-0.15, -0.1) is 0 Å². The monoisotopic (exact) mass is 335 g/mol. The van der Waals surface area contributed by atoms with Crippen molar-refractivity contribution in [1.29, 1.82) is 0 Å². The molecule has 1 heterocycles. The number of para-hydroxylation sites is 1. The smallest absolute Gasteiger partial charge is 0.326 e. The third-order valence-electron chi connectivity index (χ3n) is 3.49. The Balaban J connectivity index is 1.97. The lowest BCUT2D eigenvalue weighted by Gasteiger charge is -2.18. The Hall–Kier alpha value is -2.15. The van der Waals surface area contributed by atoms with Gasteiger partial charge >= 0.3 is 5.97 Å². The Morgan fingerprint density at radius 1 is 1.35 bits per heavy atom. The molecule has 2 aromatic rings. The second-order valence-corrected chi connectivity index (χ2v) is 6.43. The van der Waals surface area contributed by atoms with Crippen LogP contribution < -0.4 is 10.6 Å². The summed E-state index contributed by atoms with van der Waals surface area (Å²) in [7, 11) is 0. The molecule has 1 aromatic heterocycles. The minimum Gasteiger partial charge on any atom is -0.480 e. The van der Waals surface area contributed by atoms with Gasteiger partial charge < -0.3 is 15.7 Å². The molecule has 3 N–H and O–H groups in total. The van der Waals surface area contributed by atoms with Crippen molar-refractivity contribution in [2.75, 3.05) is 5.32 Å². The summed E-state index contributed by atoms with van der Waals surface area (Å²) in [5, 5.41) is 15.4. The van der Waals surface area contributed by atoms with Crippen LogP contribution in [-0.2, 0) is 9.59 Å². The van der Waals surface area contributed by atoms with Gasteiger partial charge in [0.2, 0.25) is 5.91 Å². The molecule has 124 valence electrons. The standard InChI is InChI=1S/C16H21N3O3S/c1-3-4-7-12(15(21)22)18-14(20)10(2)17-16-19-11-8-5-6-9-13(11)23-16/h5-6,8-10,12H,3-4,7H2,1-2H3,(H,17,19)(H,18,20)(H,21,22). The van der Waals surface area contributed by atoms with E-state index in [1.54, 1.807) is 6.92 Å². The molecule has 2 rings (SSSR count). The minimum absolute atomic E-state index is 0.340. The molecule has 2 atom stereocenters. The number of rotatable bonds is 8. The molecule has 0 spiro atoms. The van der Waals surface area contributed by atoms with Crippen molar-refractivity contribution in [2.45, 2.75) is 45.2 Å². The molecular formula is C16H21N3O3S. The van der Waals surface area contributed by atoms with Crippen LogP contribution in [0.1, 0.15) is 33.1 Å². The number of hydrogen-bond donors (Lipinski definition) is 3. The van der Waals surface area contributed by atoms with Gasteiger partial charge in [-0.25, -0.2) is 9.78 Å². The van der Waals surface area contributed by atoms with E-state index in [0.29, 0.717) is 11.6 Å². The summed E-state index contributed by atoms with van der Waals surface area (Å²) in [5.74, 6) is -1.34. The van der Waals surface area contributed by atoms with Crippen LogP contribution in [0.15, 0.2) is 24.3 Å². The van der Waals surface area contributed by atoms with Gasteiger partial charge in [0.1, 0.15) is 12.1 Å². The van der Waals surface area contributed by atoms with E-state index in [4.69, 9.17) is 0 Å². The first-order valence-electron chi connectivity index (χ1n) is 7.66. The Labute approximate surface area is 138 Å². The predicted octanol–water partition coefficient (Wildman–Crippen LogP) is 2.86. The normalized spacial score (nSPS) is 13.5. The van der Waals surface area contributed by atoms with E-state index in [9.17, 15) is 14.7 Å². The lowest BCUT2D eigenvalue weighted by Crippen LogP contribution is -2.46. The van der Waals surface area contributed by atoms with Crippen molar-refractivity contribution in [2.24, 2.45) is 0 Å². The zero-order chi connectivity index (χ0) is 16.8. The van der Waals surface area contributed by atoms with Crippen LogP contribution in [0, 0.1) is 0 Å². The zero-order valence-electron chi connectivity index (χ0n) is 13.2. The molecule has 7 heteroatoms. The Morgan fingerprint density at radius 3 is 2.74 bits per heavy atom. The maximum atomic E-state index is 12.2. The summed E-state index contributed by atoms with van der Waals surface area (Å²) < 4.78 is 1.04. The summed E-state index contributed by atoms with van der Waals surface area (Å²) in [6, 6.07) is 6.32. The lowest BCUT2D eigenvalue weighted by atomic mass is 10.1. The van der Waals surface area contributed by atoms with Crippen LogP contribution in [-0.4, -0.2) is 34.1 Å². The van der Waals surface area contributed by atoms with Gasteiger partial charge in [0, 0.05) is 0 Å². The van der Waals surface area contributed by atoms with Gasteiger partial charge in [-0.3, -0.25) is 4.79 Å². The van der Waals surface area contributed by atoms with Gasteiger partial charge in [-0.05, 0) is 25.5 Å². The average Bonchev–Trinajstić information content (AvgIpc) is 2.92. The van der Waals surface area contributed by atoms with Crippen LogP contribution in [0.25, 0.3) is 10.2 Å². The number of benzene rings is 1. The second kappa shape index (κ2) is 7.92. The van der Waals surface area contributed by atoms with Crippen molar-refractivity contribution < 1.29 is 14.7 Å². The molecule has 0 bridgehead atoms. The highest BCUT2D eigenvalue weighted by molar-refractivity contribution is 7.22. The number of nitrogens with zero attached hydrogens (tertiary/aromatic N) is 1. The Bertz CT molecular complexity index is 653. The number of carbonyl (C=O) groups is 2. The van der Waals surface area contributed by atoms with Gasteiger partial charge in [0.05, 0.1) is 10.2 Å². The predicted molar refractivity (Wildman–Crippen MR) is 91.8 cm³/mol. The van der Waals surface area contributed by atoms with Crippen molar-refractivity contribution in [1.82, 2.24) is 10.3 Å². The number of thiazole rings is 1. The maximum Gasteiger partial charge on any atom is 0.326 e. The quantitative estimate of drug-likeness (QED) is 0.690. The molecule has 0 aliphatic carbocycles. The van der Waals surface area contributed by atoms with Crippen LogP contribution in [0.5, 0.6) is 0 Å². The average molecular weight is 335 g/mol. The number of hydrogen-bond acceptors (Lipinski definition) is 5. The number of carboxylic acid groups (broad SMARTS) is 1. The first-order chi connectivity index (χ1) is 11.0. The molecule has 1 amide bonds. The summed E-state index contributed by atoms with van der Waals surface area (Å²) >= 11 is 1.46. The van der Waals surface area contributed by atoms with Gasteiger partial charge in [-0.1, -0.05) is 43.2 Å². The second-order valence-electron chi connectivity index (χ2n) is 5.39. The van der Waals surface area contributed by atoms with Crippen molar-refractivity contribution in [3.8, 4) is 0 Å². The van der Waals surface area contributed by atoms with Gasteiger partial charge in [0.25, 0.3) is 0 Å². The molecule has 0 aliphatic rings. The third kappa shape index (κ3) is 4.66. The Morgan fingerprint density at radius 2 is 2.09 bits per heavy atom. The van der Waals surface area contributed by atoms with Crippen LogP contribution >= 0.6 is 11.3 Å². The van der Waals surface area contributed by atoms with E-state index in [-0.39, 0.29) is 5.91 Å². The molecule has 0 saturated heterocycles. The van der Waals surface area contributed by atoms with E-state index >= 15 is 0 Å². The van der Waals surface area contributed by atoms with E-state index in [1.807, 2.05) is 31.2 Å².